The highest BCUT2D eigenvalue weighted by Gasteiger charge is 2.29. The van der Waals surface area contributed by atoms with Crippen molar-refractivity contribution in [3.8, 4) is 0 Å². The van der Waals surface area contributed by atoms with E-state index in [0.29, 0.717) is 6.54 Å². The maximum atomic E-state index is 11.8. The molecular formula is C11H12NO2. The van der Waals surface area contributed by atoms with Crippen molar-refractivity contribution in [2.75, 3.05) is 6.61 Å². The van der Waals surface area contributed by atoms with Crippen molar-refractivity contribution in [1.29, 1.82) is 0 Å². The molecule has 0 bridgehead atoms. The highest BCUT2D eigenvalue weighted by molar-refractivity contribution is 5.98. The molecule has 1 aliphatic heterocycles. The molecule has 1 N–H and O–H groups in total. The Morgan fingerprint density at radius 2 is 2.50 bits per heavy atom. The zero-order valence-electron chi connectivity index (χ0n) is 8.03. The van der Waals surface area contributed by atoms with Crippen molar-refractivity contribution in [3.63, 3.8) is 0 Å². The molecule has 1 radical (unpaired) electrons. The van der Waals surface area contributed by atoms with E-state index in [1.54, 1.807) is 17.0 Å². The van der Waals surface area contributed by atoms with E-state index in [9.17, 15) is 4.79 Å². The largest absolute Gasteiger partial charge is 0.394 e. The van der Waals surface area contributed by atoms with Crippen LogP contribution in [-0.4, -0.2) is 28.6 Å². The highest BCUT2D eigenvalue weighted by atomic mass is 16.3. The van der Waals surface area contributed by atoms with Crippen LogP contribution in [0.5, 0.6) is 0 Å². The van der Waals surface area contributed by atoms with Gasteiger partial charge in [0.15, 0.2) is 0 Å². The second-order valence-corrected chi connectivity index (χ2v) is 3.55. The molecule has 0 aliphatic carbocycles. The van der Waals surface area contributed by atoms with Crippen molar-refractivity contribution < 1.29 is 9.90 Å². The first-order valence-corrected chi connectivity index (χ1v) is 4.65. The van der Waals surface area contributed by atoms with Crippen molar-refractivity contribution in [2.45, 2.75) is 19.5 Å². The average Bonchev–Trinajstić information content (AvgIpc) is 2.56. The minimum absolute atomic E-state index is 0.00342. The molecule has 1 aromatic carbocycles. The summed E-state index contributed by atoms with van der Waals surface area (Å²) in [5.74, 6) is 0.00977. The molecule has 0 saturated heterocycles. The van der Waals surface area contributed by atoms with E-state index < -0.39 is 0 Å². The van der Waals surface area contributed by atoms with Crippen molar-refractivity contribution >= 4 is 5.91 Å². The minimum atomic E-state index is -0.116. The molecule has 0 fully saturated rings. The summed E-state index contributed by atoms with van der Waals surface area (Å²) in [6.07, 6.45) is 0. The van der Waals surface area contributed by atoms with Gasteiger partial charge in [0.1, 0.15) is 0 Å². The van der Waals surface area contributed by atoms with E-state index in [-0.39, 0.29) is 18.6 Å². The van der Waals surface area contributed by atoms with Crippen LogP contribution in [-0.2, 0) is 6.54 Å². The van der Waals surface area contributed by atoms with E-state index in [1.807, 2.05) is 13.0 Å². The second kappa shape index (κ2) is 3.42. The number of hydrogen-bond acceptors (Lipinski definition) is 2. The molecule has 1 heterocycles. The third-order valence-corrected chi connectivity index (χ3v) is 2.58. The zero-order valence-corrected chi connectivity index (χ0v) is 8.03. The predicted octanol–water partition coefficient (Wildman–Crippen LogP) is 0.823. The minimum Gasteiger partial charge on any atom is -0.394 e. The Hall–Kier alpha value is -1.35. The van der Waals surface area contributed by atoms with E-state index in [2.05, 4.69) is 6.07 Å². The first kappa shape index (κ1) is 9.21. The van der Waals surface area contributed by atoms with Crippen LogP contribution in [0.2, 0.25) is 0 Å². The number of aliphatic hydroxyl groups excluding tert-OH is 1. The summed E-state index contributed by atoms with van der Waals surface area (Å²) in [5, 5.41) is 8.99. The number of benzene rings is 1. The predicted molar refractivity (Wildman–Crippen MR) is 51.7 cm³/mol. The van der Waals surface area contributed by atoms with Crippen LogP contribution in [0.25, 0.3) is 0 Å². The summed E-state index contributed by atoms with van der Waals surface area (Å²) < 4.78 is 0. The lowest BCUT2D eigenvalue weighted by Crippen LogP contribution is -2.35. The smallest absolute Gasteiger partial charge is 0.254 e. The fraction of sp³-hybridized carbons (Fsp3) is 0.364. The first-order chi connectivity index (χ1) is 6.74. The number of fused-ring (bicyclic) bond motifs is 1. The molecule has 1 atom stereocenters. The summed E-state index contributed by atoms with van der Waals surface area (Å²) in [7, 11) is 0. The number of carbonyl (C=O) groups excluding carboxylic acids is 1. The van der Waals surface area contributed by atoms with E-state index >= 15 is 0 Å². The van der Waals surface area contributed by atoms with Gasteiger partial charge in [0, 0.05) is 12.1 Å². The Balaban J connectivity index is 2.30. The summed E-state index contributed by atoms with van der Waals surface area (Å²) in [6, 6.07) is 8.18. The summed E-state index contributed by atoms with van der Waals surface area (Å²) in [5.41, 5.74) is 1.74. The Morgan fingerprint density at radius 1 is 1.71 bits per heavy atom. The average molecular weight is 190 g/mol. The monoisotopic (exact) mass is 190 g/mol. The number of rotatable bonds is 2. The SMILES string of the molecule is CC(CO)N1Cc2c[c]ccc2C1=O. The lowest BCUT2D eigenvalue weighted by molar-refractivity contribution is 0.0644. The van der Waals surface area contributed by atoms with E-state index in [1.165, 1.54) is 0 Å². The van der Waals surface area contributed by atoms with Gasteiger partial charge in [0.25, 0.3) is 5.91 Å². The third-order valence-electron chi connectivity index (χ3n) is 2.58. The summed E-state index contributed by atoms with van der Waals surface area (Å²) >= 11 is 0. The quantitative estimate of drug-likeness (QED) is 0.750. The fourth-order valence-electron chi connectivity index (χ4n) is 1.67. The van der Waals surface area contributed by atoms with E-state index in [0.717, 1.165) is 11.1 Å². The maximum absolute atomic E-state index is 11.8. The topological polar surface area (TPSA) is 40.5 Å². The molecule has 3 nitrogen and oxygen atoms in total. The first-order valence-electron chi connectivity index (χ1n) is 4.65. The normalized spacial score (nSPS) is 17.0. The lowest BCUT2D eigenvalue weighted by Gasteiger charge is -2.21. The molecule has 1 amide bonds. The van der Waals surface area contributed by atoms with E-state index in [4.69, 9.17) is 5.11 Å². The molecule has 1 aliphatic rings. The maximum Gasteiger partial charge on any atom is 0.254 e. The molecule has 2 rings (SSSR count). The summed E-state index contributed by atoms with van der Waals surface area (Å²) in [4.78, 5) is 13.5. The van der Waals surface area contributed by atoms with Crippen LogP contribution in [0.15, 0.2) is 18.2 Å². The Labute approximate surface area is 83.0 Å². The van der Waals surface area contributed by atoms with Crippen LogP contribution in [0.1, 0.15) is 22.8 Å². The number of amides is 1. The van der Waals surface area contributed by atoms with Gasteiger partial charge in [-0.3, -0.25) is 4.79 Å². The number of carbonyl (C=O) groups is 1. The number of hydrogen-bond donors (Lipinski definition) is 1. The van der Waals surface area contributed by atoms with Crippen LogP contribution >= 0.6 is 0 Å². The molecule has 1 aromatic rings. The van der Waals surface area contributed by atoms with Gasteiger partial charge in [-0.05, 0) is 30.7 Å². The molecule has 73 valence electrons. The third kappa shape index (κ3) is 1.30. The van der Waals surface area contributed by atoms with Gasteiger partial charge in [0.05, 0.1) is 12.6 Å². The second-order valence-electron chi connectivity index (χ2n) is 3.55. The van der Waals surface area contributed by atoms with Gasteiger partial charge in [-0.2, -0.15) is 0 Å². The highest BCUT2D eigenvalue weighted by Crippen LogP contribution is 2.23. The Kier molecular flexibility index (Phi) is 2.25. The number of nitrogens with zero attached hydrogens (tertiary/aromatic N) is 1. The molecule has 0 saturated carbocycles. The standard InChI is InChI=1S/C11H12NO2/c1-8(7-13)12-6-9-4-2-3-5-10(9)11(12)14/h3-5,8,13H,6-7H2,1H3. The van der Waals surface area contributed by atoms with Crippen molar-refractivity contribution in [3.05, 3.63) is 35.4 Å². The number of aliphatic hydroxyl groups is 1. The van der Waals surface area contributed by atoms with Gasteiger partial charge in [-0.25, -0.2) is 0 Å². The van der Waals surface area contributed by atoms with Gasteiger partial charge >= 0.3 is 0 Å². The molecule has 3 heteroatoms. The van der Waals surface area contributed by atoms with Crippen LogP contribution in [0.3, 0.4) is 0 Å². The van der Waals surface area contributed by atoms with Gasteiger partial charge in [0.2, 0.25) is 0 Å². The van der Waals surface area contributed by atoms with Crippen molar-refractivity contribution in [2.24, 2.45) is 0 Å². The van der Waals surface area contributed by atoms with Crippen LogP contribution < -0.4 is 0 Å². The van der Waals surface area contributed by atoms with Crippen LogP contribution in [0, 0.1) is 6.07 Å². The summed E-state index contributed by atoms with van der Waals surface area (Å²) in [6.45, 7) is 2.43. The van der Waals surface area contributed by atoms with Gasteiger partial charge in [-0.15, -0.1) is 0 Å². The Bertz CT molecular complexity index is 362. The molecule has 0 aromatic heterocycles. The fourth-order valence-corrected chi connectivity index (χ4v) is 1.67. The van der Waals surface area contributed by atoms with Crippen LogP contribution in [0.4, 0.5) is 0 Å². The van der Waals surface area contributed by atoms with Crippen molar-refractivity contribution in [1.82, 2.24) is 4.90 Å². The molecule has 14 heavy (non-hydrogen) atoms. The lowest BCUT2D eigenvalue weighted by atomic mass is 10.1. The van der Waals surface area contributed by atoms with Gasteiger partial charge in [-0.1, -0.05) is 6.07 Å². The molecular weight excluding hydrogens is 178 g/mol. The zero-order chi connectivity index (χ0) is 10.1. The molecule has 0 spiro atoms. The molecule has 1 unspecified atom stereocenters. The Morgan fingerprint density at radius 3 is 3.14 bits per heavy atom. The van der Waals surface area contributed by atoms with Gasteiger partial charge < -0.3 is 10.0 Å².